The lowest BCUT2D eigenvalue weighted by Gasteiger charge is -2.19. The second-order valence-corrected chi connectivity index (χ2v) is 10.4. The number of nitrogens with zero attached hydrogens (tertiary/aromatic N) is 4. The maximum Gasteiger partial charge on any atom is 0.306 e. The lowest BCUT2D eigenvalue weighted by Crippen LogP contribution is -2.27. The highest BCUT2D eigenvalue weighted by Crippen LogP contribution is 2.22. The first-order valence-electron chi connectivity index (χ1n) is 13.0. The highest BCUT2D eigenvalue weighted by atomic mass is 19.2. The fourth-order valence-electron chi connectivity index (χ4n) is 3.92. The molecule has 0 saturated heterocycles. The number of rotatable bonds is 9. The monoisotopic (exact) mass is 579 g/mol. The fourth-order valence-corrected chi connectivity index (χ4v) is 3.92. The van der Waals surface area contributed by atoms with E-state index in [-0.39, 0.29) is 48.2 Å². The number of carbonyl (C=O) groups excluding carboxylic acids is 2. The van der Waals surface area contributed by atoms with Gasteiger partial charge in [0.05, 0.1) is 17.8 Å². The van der Waals surface area contributed by atoms with E-state index >= 15 is 0 Å². The highest BCUT2D eigenvalue weighted by Gasteiger charge is 2.16. The minimum atomic E-state index is -1.59. The molecule has 218 valence electrons. The molecule has 2 heterocycles. The van der Waals surface area contributed by atoms with Crippen LogP contribution in [0.25, 0.3) is 22.6 Å². The van der Waals surface area contributed by atoms with Gasteiger partial charge < -0.3 is 10.1 Å². The van der Waals surface area contributed by atoms with Gasteiger partial charge in [-0.15, -0.1) is 0 Å². The van der Waals surface area contributed by atoms with Crippen molar-refractivity contribution in [1.82, 2.24) is 25.1 Å². The van der Waals surface area contributed by atoms with E-state index in [1.807, 2.05) is 0 Å². The summed E-state index contributed by atoms with van der Waals surface area (Å²) in [6.45, 7) is 5.66. The Morgan fingerprint density at radius 1 is 0.952 bits per heavy atom. The minimum Gasteiger partial charge on any atom is -0.460 e. The summed E-state index contributed by atoms with van der Waals surface area (Å²) in [6, 6.07) is 11.1. The van der Waals surface area contributed by atoms with Crippen LogP contribution < -0.4 is 10.9 Å². The van der Waals surface area contributed by atoms with Crippen molar-refractivity contribution in [1.29, 1.82) is 0 Å². The molecule has 4 aromatic rings. The van der Waals surface area contributed by atoms with E-state index in [9.17, 15) is 27.6 Å². The summed E-state index contributed by atoms with van der Waals surface area (Å²) in [4.78, 5) is 45.2. The molecule has 0 aliphatic heterocycles. The van der Waals surface area contributed by atoms with Crippen LogP contribution in [0.1, 0.15) is 49.5 Å². The summed E-state index contributed by atoms with van der Waals surface area (Å²) in [6.07, 6.45) is 3.37. The molecule has 0 spiro atoms. The molecular weight excluding hydrogens is 551 g/mol. The minimum absolute atomic E-state index is 0.0190. The Morgan fingerprint density at radius 2 is 1.64 bits per heavy atom. The lowest BCUT2D eigenvalue weighted by molar-refractivity contribution is -0.154. The van der Waals surface area contributed by atoms with Gasteiger partial charge in [0.2, 0.25) is 0 Å². The van der Waals surface area contributed by atoms with Gasteiger partial charge in [-0.25, -0.2) is 27.8 Å². The van der Waals surface area contributed by atoms with E-state index in [4.69, 9.17) is 4.74 Å². The first-order valence-corrected chi connectivity index (χ1v) is 13.0. The molecule has 0 atom stereocenters. The van der Waals surface area contributed by atoms with Crippen molar-refractivity contribution in [3.63, 3.8) is 0 Å². The van der Waals surface area contributed by atoms with Crippen LogP contribution in [0, 0.1) is 17.5 Å². The molecule has 1 amide bonds. The van der Waals surface area contributed by atoms with Crippen LogP contribution in [-0.2, 0) is 16.1 Å². The van der Waals surface area contributed by atoms with Crippen molar-refractivity contribution in [3.8, 4) is 22.6 Å². The second-order valence-electron chi connectivity index (χ2n) is 10.4. The topological polar surface area (TPSA) is 116 Å². The van der Waals surface area contributed by atoms with Crippen molar-refractivity contribution in [3.05, 3.63) is 99.9 Å². The van der Waals surface area contributed by atoms with E-state index in [0.29, 0.717) is 23.4 Å². The lowest BCUT2D eigenvalue weighted by atomic mass is 10.1. The van der Waals surface area contributed by atoms with E-state index in [1.165, 1.54) is 24.5 Å². The molecule has 4 rings (SSSR count). The van der Waals surface area contributed by atoms with Gasteiger partial charge in [-0.1, -0.05) is 18.2 Å². The molecule has 0 fully saturated rings. The molecule has 1 N–H and O–H groups in total. The molecule has 0 bridgehead atoms. The Labute approximate surface area is 239 Å². The van der Waals surface area contributed by atoms with Crippen molar-refractivity contribution >= 4 is 11.9 Å². The zero-order chi connectivity index (χ0) is 30.4. The van der Waals surface area contributed by atoms with Gasteiger partial charge in [0, 0.05) is 42.6 Å². The predicted molar refractivity (Wildman–Crippen MR) is 148 cm³/mol. The molecule has 9 nitrogen and oxygen atoms in total. The van der Waals surface area contributed by atoms with Gasteiger partial charge >= 0.3 is 5.97 Å². The number of halogens is 3. The van der Waals surface area contributed by atoms with Crippen molar-refractivity contribution in [2.75, 3.05) is 6.54 Å². The van der Waals surface area contributed by atoms with Crippen LogP contribution in [0.4, 0.5) is 13.2 Å². The standard InChI is InChI=1S/C30H28F3N5O4/c1-30(2,3)42-26(40)8-5-11-34-29(41)21-15-35-28(36-16-21)19-7-4-6-18(12-19)17-38-25(39)10-9-24(37-38)20-13-22(31)27(33)23(32)14-20/h4,6-7,9-10,12-16H,5,8,11,17H2,1-3H3,(H,34,41). The van der Waals surface area contributed by atoms with Crippen LogP contribution >= 0.6 is 0 Å². The summed E-state index contributed by atoms with van der Waals surface area (Å²) in [5.41, 5.74) is 0.571. The summed E-state index contributed by atoms with van der Waals surface area (Å²) in [7, 11) is 0. The van der Waals surface area contributed by atoms with Crippen LogP contribution in [0.3, 0.4) is 0 Å². The molecule has 0 radical (unpaired) electrons. The number of hydrogen-bond donors (Lipinski definition) is 1. The molecule has 0 aliphatic rings. The Balaban J connectivity index is 1.41. The quantitative estimate of drug-likeness (QED) is 0.174. The molecule has 0 unspecified atom stereocenters. The largest absolute Gasteiger partial charge is 0.460 e. The average Bonchev–Trinajstić information content (AvgIpc) is 2.94. The highest BCUT2D eigenvalue weighted by molar-refractivity contribution is 5.93. The zero-order valence-electron chi connectivity index (χ0n) is 23.2. The third-order valence-corrected chi connectivity index (χ3v) is 5.84. The van der Waals surface area contributed by atoms with Gasteiger partial charge in [0.25, 0.3) is 11.5 Å². The number of nitrogens with one attached hydrogen (secondary N) is 1. The summed E-state index contributed by atoms with van der Waals surface area (Å²) in [5, 5.41) is 6.90. The maximum absolute atomic E-state index is 13.7. The van der Waals surface area contributed by atoms with E-state index in [2.05, 4.69) is 20.4 Å². The number of hydrogen-bond acceptors (Lipinski definition) is 7. The van der Waals surface area contributed by atoms with Crippen LogP contribution in [-0.4, -0.2) is 43.8 Å². The van der Waals surface area contributed by atoms with Gasteiger partial charge in [-0.3, -0.25) is 14.4 Å². The van der Waals surface area contributed by atoms with E-state index in [0.717, 1.165) is 16.8 Å². The molecule has 42 heavy (non-hydrogen) atoms. The van der Waals surface area contributed by atoms with Crippen molar-refractivity contribution < 1.29 is 27.5 Å². The number of amides is 1. The summed E-state index contributed by atoms with van der Waals surface area (Å²) in [5.74, 6) is -4.69. The number of esters is 1. The summed E-state index contributed by atoms with van der Waals surface area (Å²) >= 11 is 0. The zero-order valence-corrected chi connectivity index (χ0v) is 23.2. The third-order valence-electron chi connectivity index (χ3n) is 5.84. The fraction of sp³-hybridized carbons (Fsp3) is 0.267. The SMILES string of the molecule is CC(C)(C)OC(=O)CCCNC(=O)c1cnc(-c2cccc(Cn3nc(-c4cc(F)c(F)c(F)c4)ccc3=O)c2)nc1. The second kappa shape index (κ2) is 12.8. The van der Waals surface area contributed by atoms with Gasteiger partial charge in [0.1, 0.15) is 5.60 Å². The van der Waals surface area contributed by atoms with Gasteiger partial charge in [0.15, 0.2) is 23.3 Å². The Morgan fingerprint density at radius 3 is 2.31 bits per heavy atom. The molecule has 0 aliphatic carbocycles. The maximum atomic E-state index is 13.7. The first-order chi connectivity index (χ1) is 19.9. The first kappa shape index (κ1) is 30.1. The third kappa shape index (κ3) is 7.87. The van der Waals surface area contributed by atoms with Gasteiger partial charge in [-0.05, 0) is 57.0 Å². The Kier molecular flexibility index (Phi) is 9.14. The van der Waals surface area contributed by atoms with Crippen molar-refractivity contribution in [2.45, 2.75) is 45.8 Å². The molecular formula is C30H28F3N5O4. The normalized spacial score (nSPS) is 11.3. The number of ether oxygens (including phenoxy) is 1. The molecule has 0 saturated carbocycles. The molecule has 2 aromatic heterocycles. The number of aromatic nitrogens is 4. The number of carbonyl (C=O) groups is 2. The average molecular weight is 580 g/mol. The Hall–Kier alpha value is -4.87. The van der Waals surface area contributed by atoms with Crippen LogP contribution in [0.5, 0.6) is 0 Å². The van der Waals surface area contributed by atoms with Crippen LogP contribution in [0.15, 0.2) is 65.7 Å². The number of benzene rings is 2. The van der Waals surface area contributed by atoms with Crippen LogP contribution in [0.2, 0.25) is 0 Å². The Bertz CT molecular complexity index is 1640. The van der Waals surface area contributed by atoms with E-state index < -0.39 is 28.6 Å². The predicted octanol–water partition coefficient (Wildman–Crippen LogP) is 4.68. The summed E-state index contributed by atoms with van der Waals surface area (Å²) < 4.78 is 47.1. The van der Waals surface area contributed by atoms with Crippen molar-refractivity contribution in [2.24, 2.45) is 0 Å². The molecule has 2 aromatic carbocycles. The van der Waals surface area contributed by atoms with Gasteiger partial charge in [-0.2, -0.15) is 5.10 Å². The van der Waals surface area contributed by atoms with E-state index in [1.54, 1.807) is 45.0 Å². The molecule has 12 heteroatoms. The smallest absolute Gasteiger partial charge is 0.306 e.